The fraction of sp³-hybridized carbons (Fsp3) is 0.308. The zero-order valence-electron chi connectivity index (χ0n) is 9.28. The van der Waals surface area contributed by atoms with Crippen molar-refractivity contribution in [2.24, 2.45) is 11.7 Å². The number of hydrogen-bond donors (Lipinski definition) is 1. The highest BCUT2D eigenvalue weighted by molar-refractivity contribution is 9.10. The standard InChI is InChI=1S/C13H15BrN2/c1-9(8-15)6-12-4-2-10-7-11(14)3-5-13(10)16-12/h2-5,7,9H,6,8,15H2,1H3. The average molecular weight is 279 g/mol. The summed E-state index contributed by atoms with van der Waals surface area (Å²) >= 11 is 3.46. The summed E-state index contributed by atoms with van der Waals surface area (Å²) in [6, 6.07) is 10.3. The van der Waals surface area contributed by atoms with E-state index < -0.39 is 0 Å². The monoisotopic (exact) mass is 278 g/mol. The molecule has 1 atom stereocenters. The van der Waals surface area contributed by atoms with Crippen molar-refractivity contribution in [1.82, 2.24) is 4.98 Å². The molecule has 1 aromatic carbocycles. The molecule has 2 nitrogen and oxygen atoms in total. The van der Waals surface area contributed by atoms with Gasteiger partial charge in [0.15, 0.2) is 0 Å². The third-order valence-electron chi connectivity index (χ3n) is 2.67. The molecule has 3 heteroatoms. The van der Waals surface area contributed by atoms with Crippen LogP contribution in [0.25, 0.3) is 10.9 Å². The van der Waals surface area contributed by atoms with E-state index in [0.717, 1.165) is 22.1 Å². The van der Waals surface area contributed by atoms with Crippen molar-refractivity contribution in [3.8, 4) is 0 Å². The van der Waals surface area contributed by atoms with Gasteiger partial charge in [0.1, 0.15) is 0 Å². The third kappa shape index (κ3) is 2.60. The number of nitrogens with zero attached hydrogens (tertiary/aromatic N) is 1. The van der Waals surface area contributed by atoms with Crippen LogP contribution >= 0.6 is 15.9 Å². The quantitative estimate of drug-likeness (QED) is 0.937. The summed E-state index contributed by atoms with van der Waals surface area (Å²) in [5.41, 5.74) is 7.78. The Morgan fingerprint density at radius 3 is 2.88 bits per heavy atom. The predicted octanol–water partition coefficient (Wildman–Crippen LogP) is 3.13. The van der Waals surface area contributed by atoms with E-state index in [1.165, 1.54) is 5.39 Å². The van der Waals surface area contributed by atoms with Crippen molar-refractivity contribution in [2.45, 2.75) is 13.3 Å². The van der Waals surface area contributed by atoms with E-state index in [9.17, 15) is 0 Å². The predicted molar refractivity (Wildman–Crippen MR) is 71.4 cm³/mol. The first-order valence-corrected chi connectivity index (χ1v) is 6.23. The van der Waals surface area contributed by atoms with Gasteiger partial charge in [-0.25, -0.2) is 0 Å². The maximum atomic E-state index is 5.62. The van der Waals surface area contributed by atoms with Gasteiger partial charge >= 0.3 is 0 Å². The number of hydrogen-bond acceptors (Lipinski definition) is 2. The smallest absolute Gasteiger partial charge is 0.0706 e. The van der Waals surface area contributed by atoms with Crippen molar-refractivity contribution < 1.29 is 0 Å². The molecule has 0 spiro atoms. The van der Waals surface area contributed by atoms with E-state index in [0.29, 0.717) is 12.5 Å². The van der Waals surface area contributed by atoms with Crippen LogP contribution in [0.5, 0.6) is 0 Å². The molecule has 0 aliphatic rings. The Hall–Kier alpha value is -0.930. The van der Waals surface area contributed by atoms with Crippen LogP contribution in [0.4, 0.5) is 0 Å². The minimum Gasteiger partial charge on any atom is -0.330 e. The molecular weight excluding hydrogens is 264 g/mol. The highest BCUT2D eigenvalue weighted by Crippen LogP contribution is 2.19. The number of fused-ring (bicyclic) bond motifs is 1. The molecule has 0 aliphatic carbocycles. The van der Waals surface area contributed by atoms with E-state index >= 15 is 0 Å². The molecule has 2 aromatic rings. The van der Waals surface area contributed by atoms with Crippen molar-refractivity contribution >= 4 is 26.8 Å². The van der Waals surface area contributed by atoms with Crippen molar-refractivity contribution in [1.29, 1.82) is 0 Å². The Labute approximate surface area is 104 Å². The number of nitrogens with two attached hydrogens (primary N) is 1. The zero-order valence-corrected chi connectivity index (χ0v) is 10.9. The summed E-state index contributed by atoms with van der Waals surface area (Å²) in [4.78, 5) is 4.63. The number of rotatable bonds is 3. The molecule has 2 N–H and O–H groups in total. The molecule has 0 radical (unpaired) electrons. The molecule has 0 bridgehead atoms. The Morgan fingerprint density at radius 1 is 1.31 bits per heavy atom. The normalized spacial score (nSPS) is 12.9. The first-order chi connectivity index (χ1) is 7.69. The molecule has 0 fully saturated rings. The van der Waals surface area contributed by atoms with Crippen LogP contribution in [0.2, 0.25) is 0 Å². The highest BCUT2D eigenvalue weighted by atomic mass is 79.9. The third-order valence-corrected chi connectivity index (χ3v) is 3.16. The topological polar surface area (TPSA) is 38.9 Å². The number of aromatic nitrogens is 1. The van der Waals surface area contributed by atoms with Crippen LogP contribution in [-0.2, 0) is 6.42 Å². The lowest BCUT2D eigenvalue weighted by Crippen LogP contribution is -2.13. The van der Waals surface area contributed by atoms with Gasteiger partial charge in [0.05, 0.1) is 5.52 Å². The number of benzene rings is 1. The van der Waals surface area contributed by atoms with E-state index in [-0.39, 0.29) is 0 Å². The second-order valence-corrected chi connectivity index (χ2v) is 5.10. The summed E-state index contributed by atoms with van der Waals surface area (Å²) in [5, 5.41) is 1.17. The van der Waals surface area contributed by atoms with Crippen molar-refractivity contribution in [2.75, 3.05) is 6.54 Å². The van der Waals surface area contributed by atoms with Gasteiger partial charge in [0, 0.05) is 15.6 Å². The van der Waals surface area contributed by atoms with Gasteiger partial charge in [-0.1, -0.05) is 28.9 Å². The first-order valence-electron chi connectivity index (χ1n) is 5.44. The highest BCUT2D eigenvalue weighted by Gasteiger charge is 2.04. The van der Waals surface area contributed by atoms with Gasteiger partial charge in [-0.2, -0.15) is 0 Å². The van der Waals surface area contributed by atoms with Crippen molar-refractivity contribution in [3.63, 3.8) is 0 Å². The molecule has 0 saturated carbocycles. The maximum Gasteiger partial charge on any atom is 0.0706 e. The van der Waals surface area contributed by atoms with E-state index in [2.05, 4.69) is 46.0 Å². The number of pyridine rings is 1. The molecule has 84 valence electrons. The van der Waals surface area contributed by atoms with Crippen LogP contribution in [-0.4, -0.2) is 11.5 Å². The Kier molecular flexibility index (Phi) is 3.56. The van der Waals surface area contributed by atoms with Crippen LogP contribution in [0.1, 0.15) is 12.6 Å². The SMILES string of the molecule is CC(CN)Cc1ccc2cc(Br)ccc2n1. The molecule has 1 aromatic heterocycles. The summed E-state index contributed by atoms with van der Waals surface area (Å²) in [6.45, 7) is 2.85. The average Bonchev–Trinajstić information content (AvgIpc) is 2.29. The molecule has 16 heavy (non-hydrogen) atoms. The molecule has 2 rings (SSSR count). The summed E-state index contributed by atoms with van der Waals surface area (Å²) in [6.07, 6.45) is 0.947. The summed E-state index contributed by atoms with van der Waals surface area (Å²) < 4.78 is 1.09. The van der Waals surface area contributed by atoms with E-state index in [1.807, 2.05) is 12.1 Å². The van der Waals surface area contributed by atoms with Crippen LogP contribution < -0.4 is 5.73 Å². The van der Waals surface area contributed by atoms with Gasteiger partial charge in [-0.3, -0.25) is 4.98 Å². The summed E-state index contributed by atoms with van der Waals surface area (Å²) in [5.74, 6) is 0.486. The molecule has 0 saturated heterocycles. The second-order valence-electron chi connectivity index (χ2n) is 4.18. The van der Waals surface area contributed by atoms with Crippen LogP contribution in [0, 0.1) is 5.92 Å². The zero-order chi connectivity index (χ0) is 11.5. The van der Waals surface area contributed by atoms with Crippen LogP contribution in [0.15, 0.2) is 34.8 Å². The summed E-state index contributed by atoms with van der Waals surface area (Å²) in [7, 11) is 0. The van der Waals surface area contributed by atoms with Gasteiger partial charge in [-0.15, -0.1) is 0 Å². The lowest BCUT2D eigenvalue weighted by atomic mass is 10.0. The molecule has 0 aliphatic heterocycles. The van der Waals surface area contributed by atoms with Crippen molar-refractivity contribution in [3.05, 3.63) is 40.5 Å². The van der Waals surface area contributed by atoms with Crippen LogP contribution in [0.3, 0.4) is 0 Å². The Bertz CT molecular complexity index is 496. The maximum absolute atomic E-state index is 5.62. The molecule has 1 unspecified atom stereocenters. The fourth-order valence-electron chi connectivity index (χ4n) is 1.69. The first kappa shape index (κ1) is 11.6. The molecule has 1 heterocycles. The van der Waals surface area contributed by atoms with E-state index in [4.69, 9.17) is 5.73 Å². The lowest BCUT2D eigenvalue weighted by molar-refractivity contribution is 0.585. The van der Waals surface area contributed by atoms with Gasteiger partial charge < -0.3 is 5.73 Å². The fourth-order valence-corrected chi connectivity index (χ4v) is 2.07. The lowest BCUT2D eigenvalue weighted by Gasteiger charge is -2.08. The minimum absolute atomic E-state index is 0.486. The Morgan fingerprint density at radius 2 is 2.12 bits per heavy atom. The number of halogens is 1. The van der Waals surface area contributed by atoms with Gasteiger partial charge in [0.25, 0.3) is 0 Å². The Balaban J connectivity index is 2.33. The molecular formula is C13H15BrN2. The van der Waals surface area contributed by atoms with Gasteiger partial charge in [-0.05, 0) is 43.1 Å². The minimum atomic E-state index is 0.486. The molecule has 0 amide bonds. The van der Waals surface area contributed by atoms with Gasteiger partial charge in [0.2, 0.25) is 0 Å². The largest absolute Gasteiger partial charge is 0.330 e. The van der Waals surface area contributed by atoms with E-state index in [1.54, 1.807) is 0 Å². The second kappa shape index (κ2) is 4.93.